The number of aryl methyl sites for hydroxylation is 1. The zero-order chi connectivity index (χ0) is 12.8. The van der Waals surface area contributed by atoms with E-state index in [4.69, 9.17) is 4.98 Å². The number of pyridine rings is 1. The lowest BCUT2D eigenvalue weighted by atomic mass is 9.82. The fourth-order valence-electron chi connectivity index (χ4n) is 3.80. The summed E-state index contributed by atoms with van der Waals surface area (Å²) >= 11 is 0. The molecule has 0 bridgehead atoms. The molecule has 0 saturated heterocycles. The van der Waals surface area contributed by atoms with Crippen LogP contribution in [0.4, 0.5) is 5.69 Å². The maximum absolute atomic E-state index is 4.95. The molecule has 0 aromatic carbocycles. The van der Waals surface area contributed by atoms with Gasteiger partial charge in [-0.05, 0) is 43.1 Å². The summed E-state index contributed by atoms with van der Waals surface area (Å²) in [7, 11) is 2.22. The number of nitrogens with zero attached hydrogens (tertiary/aromatic N) is 1. The Hall–Kier alpha value is -1.51. The van der Waals surface area contributed by atoms with E-state index >= 15 is 0 Å². The van der Waals surface area contributed by atoms with Crippen LogP contribution >= 0.6 is 0 Å². The van der Waals surface area contributed by atoms with Crippen molar-refractivity contribution in [2.45, 2.75) is 44.0 Å². The van der Waals surface area contributed by atoms with Crippen LogP contribution in [-0.2, 0) is 19.2 Å². The van der Waals surface area contributed by atoms with Gasteiger partial charge in [-0.2, -0.15) is 0 Å². The Kier molecular flexibility index (Phi) is 2.54. The summed E-state index contributed by atoms with van der Waals surface area (Å²) in [5, 5.41) is 3.71. The van der Waals surface area contributed by atoms with Gasteiger partial charge < -0.3 is 5.32 Å². The first kappa shape index (κ1) is 11.3. The molecule has 2 unspecified atom stereocenters. The molecule has 19 heavy (non-hydrogen) atoms. The highest BCUT2D eigenvalue weighted by molar-refractivity contribution is 6.08. The fraction of sp³-hybridized carbons (Fsp3) is 0.438. The third kappa shape index (κ3) is 1.60. The molecule has 1 aromatic heterocycles. The Bertz CT molecular complexity index is 589. The Balaban J connectivity index is 1.94. The number of allylic oxidation sites excluding steroid dienone is 2. The van der Waals surface area contributed by atoms with Crippen LogP contribution in [0, 0.1) is 0 Å². The minimum Gasteiger partial charge on any atom is -0.376 e. The topological polar surface area (TPSA) is 24.9 Å². The second kappa shape index (κ2) is 4.26. The number of fused-ring (bicyclic) bond motifs is 5. The van der Waals surface area contributed by atoms with Crippen LogP contribution in [0.1, 0.15) is 41.3 Å². The highest BCUT2D eigenvalue weighted by atomic mass is 15.0. The maximum atomic E-state index is 4.95. The van der Waals surface area contributed by atoms with Gasteiger partial charge in [-0.1, -0.05) is 24.3 Å². The van der Waals surface area contributed by atoms with Crippen molar-refractivity contribution in [1.29, 1.82) is 0 Å². The quantitative estimate of drug-likeness (QED) is 0.772. The van der Waals surface area contributed by atoms with Gasteiger partial charge in [0.15, 0.2) is 0 Å². The Morgan fingerprint density at radius 3 is 2.95 bits per heavy atom. The average molecular weight is 250 g/mol. The summed E-state index contributed by atoms with van der Waals surface area (Å²) in [5.74, 6) is 0.528. The Morgan fingerprint density at radius 2 is 2.05 bits per heavy atom. The summed E-state index contributed by atoms with van der Waals surface area (Å²) in [6.07, 6.45) is 15.0. The molecule has 4 rings (SSSR count). The lowest BCUT2D eigenvalue weighted by Gasteiger charge is -2.22. The number of anilines is 1. The molecule has 0 amide bonds. The predicted octanol–water partition coefficient (Wildman–Crippen LogP) is 2.10. The summed E-state index contributed by atoms with van der Waals surface area (Å²) in [4.78, 5) is 4.95. The normalized spacial score (nSPS) is 26.5. The van der Waals surface area contributed by atoms with Gasteiger partial charge in [-0.25, -0.2) is 0 Å². The van der Waals surface area contributed by atoms with E-state index in [0.29, 0.717) is 12.0 Å². The second-order valence-electron chi connectivity index (χ2n) is 5.80. The molecular formula is C16H19BN2. The van der Waals surface area contributed by atoms with Crippen LogP contribution in [0.3, 0.4) is 0 Å². The third-order valence-corrected chi connectivity index (χ3v) is 4.71. The summed E-state index contributed by atoms with van der Waals surface area (Å²) in [6.45, 7) is 0. The summed E-state index contributed by atoms with van der Waals surface area (Å²) in [5.41, 5.74) is 7.11. The molecule has 3 aliphatic rings. The number of hydrogen-bond donors (Lipinski definition) is 1. The van der Waals surface area contributed by atoms with E-state index in [2.05, 4.69) is 37.5 Å². The smallest absolute Gasteiger partial charge is 0.109 e. The molecular weight excluding hydrogens is 231 g/mol. The van der Waals surface area contributed by atoms with Crippen LogP contribution in [0.5, 0.6) is 0 Å². The van der Waals surface area contributed by atoms with E-state index in [1.165, 1.54) is 42.8 Å². The van der Waals surface area contributed by atoms with Gasteiger partial charge in [0, 0.05) is 11.6 Å². The lowest BCUT2D eigenvalue weighted by Crippen LogP contribution is -2.18. The number of rotatable bonds is 1. The Morgan fingerprint density at radius 1 is 1.21 bits per heavy atom. The predicted molar refractivity (Wildman–Crippen MR) is 81.6 cm³/mol. The van der Waals surface area contributed by atoms with E-state index < -0.39 is 0 Å². The lowest BCUT2D eigenvalue weighted by molar-refractivity contribution is 0.654. The van der Waals surface area contributed by atoms with Crippen LogP contribution in [0.25, 0.3) is 0 Å². The van der Waals surface area contributed by atoms with E-state index in [1.54, 1.807) is 11.1 Å². The highest BCUT2D eigenvalue weighted by Crippen LogP contribution is 2.44. The zero-order valence-electron chi connectivity index (χ0n) is 11.4. The van der Waals surface area contributed by atoms with Crippen LogP contribution in [0.15, 0.2) is 24.3 Å². The fourth-order valence-corrected chi connectivity index (χ4v) is 3.80. The van der Waals surface area contributed by atoms with Crippen molar-refractivity contribution < 1.29 is 0 Å². The first-order valence-corrected chi connectivity index (χ1v) is 7.54. The van der Waals surface area contributed by atoms with Crippen molar-refractivity contribution in [1.82, 2.24) is 4.98 Å². The van der Waals surface area contributed by atoms with Gasteiger partial charge in [0.05, 0.1) is 17.4 Å². The molecule has 1 aromatic rings. The van der Waals surface area contributed by atoms with E-state index in [1.807, 2.05) is 0 Å². The molecule has 0 radical (unpaired) electrons. The van der Waals surface area contributed by atoms with Crippen molar-refractivity contribution in [3.63, 3.8) is 0 Å². The van der Waals surface area contributed by atoms with Gasteiger partial charge in [0.2, 0.25) is 0 Å². The molecule has 0 saturated carbocycles. The minimum atomic E-state index is 0.445. The van der Waals surface area contributed by atoms with Gasteiger partial charge in [-0.15, -0.1) is 0 Å². The SMILES string of the molecule is BCc1nc2c(c3c1NC1C=CC=CC31)CCCC2. The van der Waals surface area contributed by atoms with Crippen LogP contribution in [-0.4, -0.2) is 18.9 Å². The van der Waals surface area contributed by atoms with Gasteiger partial charge >= 0.3 is 0 Å². The molecule has 2 nitrogen and oxygen atoms in total. The standard InChI is InChI=1S/C16H19BN2/c17-9-14-16-15(10-5-1-3-7-12(10)18-14)11-6-2-4-8-13(11)19-16/h2,4,6,8,11,13,19H,1,3,5,7,9,17H2. The van der Waals surface area contributed by atoms with E-state index in [0.717, 1.165) is 6.32 Å². The molecule has 2 atom stereocenters. The van der Waals surface area contributed by atoms with E-state index in [-0.39, 0.29) is 0 Å². The van der Waals surface area contributed by atoms with Crippen molar-refractivity contribution in [3.05, 3.63) is 46.8 Å². The van der Waals surface area contributed by atoms with Gasteiger partial charge in [0.25, 0.3) is 0 Å². The molecule has 0 spiro atoms. The highest BCUT2D eigenvalue weighted by Gasteiger charge is 2.35. The zero-order valence-corrected chi connectivity index (χ0v) is 11.4. The first-order valence-electron chi connectivity index (χ1n) is 7.54. The first-order chi connectivity index (χ1) is 9.38. The van der Waals surface area contributed by atoms with Crippen molar-refractivity contribution >= 4 is 13.5 Å². The number of aromatic nitrogens is 1. The van der Waals surface area contributed by atoms with Crippen molar-refractivity contribution in [2.75, 3.05) is 5.32 Å². The largest absolute Gasteiger partial charge is 0.376 e. The van der Waals surface area contributed by atoms with E-state index in [9.17, 15) is 0 Å². The average Bonchev–Trinajstić information content (AvgIpc) is 2.86. The van der Waals surface area contributed by atoms with Gasteiger partial charge in [0.1, 0.15) is 7.85 Å². The molecule has 96 valence electrons. The van der Waals surface area contributed by atoms with Gasteiger partial charge in [-0.3, -0.25) is 4.98 Å². The molecule has 1 aliphatic heterocycles. The molecule has 1 N–H and O–H groups in total. The number of hydrogen-bond acceptors (Lipinski definition) is 2. The third-order valence-electron chi connectivity index (χ3n) is 4.71. The molecule has 0 fully saturated rings. The second-order valence-corrected chi connectivity index (χ2v) is 5.80. The summed E-state index contributed by atoms with van der Waals surface area (Å²) < 4.78 is 0. The monoisotopic (exact) mass is 250 g/mol. The molecule has 3 heteroatoms. The maximum Gasteiger partial charge on any atom is 0.109 e. The Labute approximate surface area is 115 Å². The summed E-state index contributed by atoms with van der Waals surface area (Å²) in [6, 6.07) is 0.445. The van der Waals surface area contributed by atoms with Crippen LogP contribution in [0.2, 0.25) is 0 Å². The van der Waals surface area contributed by atoms with Crippen molar-refractivity contribution in [2.24, 2.45) is 0 Å². The number of nitrogens with one attached hydrogen (secondary N) is 1. The van der Waals surface area contributed by atoms with Crippen LogP contribution < -0.4 is 5.32 Å². The van der Waals surface area contributed by atoms with Crippen molar-refractivity contribution in [3.8, 4) is 0 Å². The molecule has 2 heterocycles. The molecule has 2 aliphatic carbocycles. The minimum absolute atomic E-state index is 0.445.